The van der Waals surface area contributed by atoms with Gasteiger partial charge >= 0.3 is 0 Å². The Balaban J connectivity index is 2.70. The maximum absolute atomic E-state index is 5.80. The third-order valence-corrected chi connectivity index (χ3v) is 2.12. The molecule has 2 aromatic rings. The standard InChI is InChI=1S/C9H13N5/c1-2-12-7-4-3-6(10)9-8(7)13-5-14(9)11/h3-5,12H,2,10-11H2,1H3. The first-order valence-electron chi connectivity index (χ1n) is 4.48. The predicted molar refractivity (Wildman–Crippen MR) is 58.5 cm³/mol. The summed E-state index contributed by atoms with van der Waals surface area (Å²) in [7, 11) is 0. The van der Waals surface area contributed by atoms with Crippen LogP contribution in [0.2, 0.25) is 0 Å². The van der Waals surface area contributed by atoms with Crippen molar-refractivity contribution < 1.29 is 0 Å². The van der Waals surface area contributed by atoms with Crippen molar-refractivity contribution in [2.45, 2.75) is 6.92 Å². The van der Waals surface area contributed by atoms with Crippen molar-refractivity contribution in [3.8, 4) is 0 Å². The van der Waals surface area contributed by atoms with Gasteiger partial charge in [-0.05, 0) is 19.1 Å². The molecule has 0 spiro atoms. The Morgan fingerprint density at radius 1 is 1.50 bits per heavy atom. The van der Waals surface area contributed by atoms with Gasteiger partial charge in [0.1, 0.15) is 17.4 Å². The van der Waals surface area contributed by atoms with Crippen molar-refractivity contribution in [1.82, 2.24) is 9.66 Å². The first-order chi connectivity index (χ1) is 6.74. The minimum absolute atomic E-state index is 0.640. The van der Waals surface area contributed by atoms with Crippen molar-refractivity contribution in [2.24, 2.45) is 0 Å². The summed E-state index contributed by atoms with van der Waals surface area (Å²) in [5, 5.41) is 3.20. The fraction of sp³-hybridized carbons (Fsp3) is 0.222. The minimum atomic E-state index is 0.640. The molecule has 2 rings (SSSR count). The summed E-state index contributed by atoms with van der Waals surface area (Å²) >= 11 is 0. The molecule has 0 aliphatic heterocycles. The number of nitrogens with zero attached hydrogens (tertiary/aromatic N) is 2. The van der Waals surface area contributed by atoms with Gasteiger partial charge in [-0.3, -0.25) is 0 Å². The van der Waals surface area contributed by atoms with E-state index in [9.17, 15) is 0 Å². The fourth-order valence-corrected chi connectivity index (χ4v) is 1.51. The van der Waals surface area contributed by atoms with E-state index in [1.54, 1.807) is 6.33 Å². The van der Waals surface area contributed by atoms with Gasteiger partial charge in [-0.2, -0.15) is 0 Å². The number of nitrogen functional groups attached to an aromatic ring is 2. The van der Waals surface area contributed by atoms with Crippen LogP contribution in [0.5, 0.6) is 0 Å². The topological polar surface area (TPSA) is 81.9 Å². The van der Waals surface area contributed by atoms with Gasteiger partial charge in [-0.25, -0.2) is 9.66 Å². The fourth-order valence-electron chi connectivity index (χ4n) is 1.51. The monoisotopic (exact) mass is 191 g/mol. The summed E-state index contributed by atoms with van der Waals surface area (Å²) in [5.41, 5.74) is 8.98. The number of hydrogen-bond acceptors (Lipinski definition) is 4. The summed E-state index contributed by atoms with van der Waals surface area (Å²) in [6.45, 7) is 2.87. The van der Waals surface area contributed by atoms with Gasteiger partial charge in [0.05, 0.1) is 11.4 Å². The quantitative estimate of drug-likeness (QED) is 0.483. The van der Waals surface area contributed by atoms with E-state index >= 15 is 0 Å². The zero-order valence-corrected chi connectivity index (χ0v) is 7.99. The SMILES string of the molecule is CCNc1ccc(N)c2c1ncn2N. The second-order valence-electron chi connectivity index (χ2n) is 3.08. The number of imidazole rings is 1. The van der Waals surface area contributed by atoms with E-state index in [1.807, 2.05) is 19.1 Å². The number of benzene rings is 1. The Kier molecular flexibility index (Phi) is 1.92. The first-order valence-corrected chi connectivity index (χ1v) is 4.48. The van der Waals surface area contributed by atoms with Crippen LogP contribution in [0.3, 0.4) is 0 Å². The molecule has 0 bridgehead atoms. The van der Waals surface area contributed by atoms with Crippen LogP contribution < -0.4 is 16.9 Å². The van der Waals surface area contributed by atoms with Crippen LogP contribution >= 0.6 is 0 Å². The molecule has 0 atom stereocenters. The zero-order valence-electron chi connectivity index (χ0n) is 7.99. The van der Waals surface area contributed by atoms with Gasteiger partial charge < -0.3 is 16.9 Å². The highest BCUT2D eigenvalue weighted by molar-refractivity contribution is 5.96. The van der Waals surface area contributed by atoms with E-state index in [4.69, 9.17) is 11.6 Å². The van der Waals surface area contributed by atoms with E-state index in [-0.39, 0.29) is 0 Å². The summed E-state index contributed by atoms with van der Waals surface area (Å²) in [6.07, 6.45) is 1.56. The van der Waals surface area contributed by atoms with Gasteiger partial charge in [0.15, 0.2) is 0 Å². The van der Waals surface area contributed by atoms with Gasteiger partial charge in [0.25, 0.3) is 0 Å². The molecule has 0 unspecified atom stereocenters. The second-order valence-corrected chi connectivity index (χ2v) is 3.08. The van der Waals surface area contributed by atoms with Crippen LogP contribution in [0.4, 0.5) is 11.4 Å². The van der Waals surface area contributed by atoms with Crippen LogP contribution in [0.15, 0.2) is 18.5 Å². The van der Waals surface area contributed by atoms with E-state index in [0.717, 1.165) is 23.3 Å². The van der Waals surface area contributed by atoms with Gasteiger partial charge in [0, 0.05) is 6.54 Å². The third kappa shape index (κ3) is 1.14. The summed E-state index contributed by atoms with van der Waals surface area (Å²) < 4.78 is 1.44. The van der Waals surface area contributed by atoms with E-state index in [2.05, 4.69) is 10.3 Å². The van der Waals surface area contributed by atoms with Crippen LogP contribution in [-0.2, 0) is 0 Å². The van der Waals surface area contributed by atoms with Crippen molar-refractivity contribution in [1.29, 1.82) is 0 Å². The summed E-state index contributed by atoms with van der Waals surface area (Å²) in [4.78, 5) is 4.19. The average molecular weight is 191 g/mol. The zero-order chi connectivity index (χ0) is 10.1. The Labute approximate surface area is 81.7 Å². The lowest BCUT2D eigenvalue weighted by Crippen LogP contribution is -2.07. The van der Waals surface area contributed by atoms with Gasteiger partial charge in [-0.15, -0.1) is 0 Å². The average Bonchev–Trinajstić information content (AvgIpc) is 2.54. The number of nitrogens with two attached hydrogens (primary N) is 2. The number of aromatic nitrogens is 2. The number of hydrogen-bond donors (Lipinski definition) is 3. The first kappa shape index (κ1) is 8.68. The molecule has 1 heterocycles. The molecule has 74 valence electrons. The second kappa shape index (κ2) is 3.10. The van der Waals surface area contributed by atoms with Gasteiger partial charge in [-0.1, -0.05) is 0 Å². The number of rotatable bonds is 2. The number of nitrogens with one attached hydrogen (secondary N) is 1. The molecule has 0 saturated carbocycles. The van der Waals surface area contributed by atoms with Crippen LogP contribution in [0.1, 0.15) is 6.92 Å². The van der Waals surface area contributed by atoms with Crippen LogP contribution in [0, 0.1) is 0 Å². The molecule has 0 radical (unpaired) electrons. The molecule has 5 nitrogen and oxygen atoms in total. The molecule has 0 fully saturated rings. The highest BCUT2D eigenvalue weighted by atomic mass is 15.3. The molecule has 5 N–H and O–H groups in total. The molecular weight excluding hydrogens is 178 g/mol. The Morgan fingerprint density at radius 2 is 2.29 bits per heavy atom. The van der Waals surface area contributed by atoms with Crippen LogP contribution in [-0.4, -0.2) is 16.2 Å². The maximum atomic E-state index is 5.80. The Hall–Kier alpha value is -1.91. The van der Waals surface area contributed by atoms with Crippen molar-refractivity contribution in [3.63, 3.8) is 0 Å². The normalized spacial score (nSPS) is 10.6. The van der Waals surface area contributed by atoms with Crippen molar-refractivity contribution in [3.05, 3.63) is 18.5 Å². The Bertz CT molecular complexity index is 459. The number of anilines is 2. The molecule has 14 heavy (non-hydrogen) atoms. The molecular formula is C9H13N5. The lowest BCUT2D eigenvalue weighted by molar-refractivity contribution is 1.04. The highest BCUT2D eigenvalue weighted by Crippen LogP contribution is 2.25. The summed E-state index contributed by atoms with van der Waals surface area (Å²) in [6, 6.07) is 3.74. The smallest absolute Gasteiger partial charge is 0.116 e. The molecule has 0 aliphatic carbocycles. The lowest BCUT2D eigenvalue weighted by atomic mass is 10.2. The van der Waals surface area contributed by atoms with Gasteiger partial charge in [0.2, 0.25) is 0 Å². The molecule has 0 aliphatic rings. The summed E-state index contributed by atoms with van der Waals surface area (Å²) in [5.74, 6) is 5.69. The largest absolute Gasteiger partial charge is 0.397 e. The van der Waals surface area contributed by atoms with E-state index in [0.29, 0.717) is 5.69 Å². The highest BCUT2D eigenvalue weighted by Gasteiger charge is 2.08. The molecule has 1 aromatic heterocycles. The van der Waals surface area contributed by atoms with E-state index < -0.39 is 0 Å². The maximum Gasteiger partial charge on any atom is 0.116 e. The van der Waals surface area contributed by atoms with Crippen molar-refractivity contribution in [2.75, 3.05) is 23.4 Å². The van der Waals surface area contributed by atoms with Crippen LogP contribution in [0.25, 0.3) is 11.0 Å². The van der Waals surface area contributed by atoms with Crippen molar-refractivity contribution >= 4 is 22.4 Å². The number of fused-ring (bicyclic) bond motifs is 1. The minimum Gasteiger partial charge on any atom is -0.397 e. The molecule has 0 saturated heterocycles. The molecule has 5 heteroatoms. The Morgan fingerprint density at radius 3 is 3.00 bits per heavy atom. The third-order valence-electron chi connectivity index (χ3n) is 2.12. The predicted octanol–water partition coefficient (Wildman–Crippen LogP) is 0.764. The molecule has 0 amide bonds. The van der Waals surface area contributed by atoms with E-state index in [1.165, 1.54) is 4.68 Å². The lowest BCUT2D eigenvalue weighted by Gasteiger charge is -2.06. The molecule has 1 aromatic carbocycles.